The second kappa shape index (κ2) is 12.3. The van der Waals surface area contributed by atoms with E-state index in [0.717, 1.165) is 33.0 Å². The summed E-state index contributed by atoms with van der Waals surface area (Å²) in [5, 5.41) is 4.67. The Morgan fingerprint density at radius 3 is 2.45 bits per heavy atom. The van der Waals surface area contributed by atoms with E-state index in [0.29, 0.717) is 41.0 Å². The van der Waals surface area contributed by atoms with Crippen molar-refractivity contribution in [3.05, 3.63) is 106 Å². The number of nitrogens with zero attached hydrogens (tertiary/aromatic N) is 1. The Balaban J connectivity index is 1.35. The van der Waals surface area contributed by atoms with Crippen LogP contribution in [-0.4, -0.2) is 35.1 Å². The van der Waals surface area contributed by atoms with Gasteiger partial charge in [-0.15, -0.1) is 0 Å². The van der Waals surface area contributed by atoms with Gasteiger partial charge < -0.3 is 14.8 Å². The number of benzene rings is 4. The molecule has 202 valence electrons. The standard InChI is InChI=1S/C31H25ClN2O5S/c1-2-38-24-14-12-23(13-15-24)33-29(35)18-34-30(36)28(40-31(34)37)17-26-25-6-4-3-5-21(25)9-16-27(26)39-19-20-7-10-22(32)11-8-20/h3-17H,2,18-19H2,1H3,(H,33,35)/b28-17+. The zero-order valence-corrected chi connectivity index (χ0v) is 23.1. The van der Waals surface area contributed by atoms with Crippen LogP contribution >= 0.6 is 23.4 Å². The number of fused-ring (bicyclic) bond motifs is 1. The molecule has 1 fully saturated rings. The molecule has 3 amide bonds. The zero-order chi connectivity index (χ0) is 28.1. The number of amides is 3. The summed E-state index contributed by atoms with van der Waals surface area (Å²) in [6.45, 7) is 2.32. The number of nitrogens with one attached hydrogen (secondary N) is 1. The molecule has 1 N–H and O–H groups in total. The first-order valence-electron chi connectivity index (χ1n) is 12.6. The van der Waals surface area contributed by atoms with Gasteiger partial charge in [-0.2, -0.15) is 0 Å². The number of hydrogen-bond donors (Lipinski definition) is 1. The molecule has 0 atom stereocenters. The number of carbonyl (C=O) groups excluding carboxylic acids is 3. The summed E-state index contributed by atoms with van der Waals surface area (Å²) in [5.41, 5.74) is 2.15. The van der Waals surface area contributed by atoms with Crippen molar-refractivity contribution in [1.82, 2.24) is 4.90 Å². The lowest BCUT2D eigenvalue weighted by atomic mass is 10.0. The van der Waals surface area contributed by atoms with Gasteiger partial charge in [-0.05, 0) is 83.6 Å². The molecule has 0 spiro atoms. The second-order valence-corrected chi connectivity index (χ2v) is 10.3. The van der Waals surface area contributed by atoms with Crippen LogP contribution in [0.1, 0.15) is 18.1 Å². The Bertz CT molecular complexity index is 1600. The van der Waals surface area contributed by atoms with E-state index in [2.05, 4.69) is 5.32 Å². The highest BCUT2D eigenvalue weighted by molar-refractivity contribution is 8.18. The molecule has 0 bridgehead atoms. The number of imide groups is 1. The highest BCUT2D eigenvalue weighted by Gasteiger charge is 2.36. The molecular weight excluding hydrogens is 548 g/mol. The summed E-state index contributed by atoms with van der Waals surface area (Å²) < 4.78 is 11.6. The molecule has 0 aliphatic carbocycles. The van der Waals surface area contributed by atoms with Gasteiger partial charge in [0.1, 0.15) is 24.7 Å². The van der Waals surface area contributed by atoms with E-state index in [1.165, 1.54) is 0 Å². The van der Waals surface area contributed by atoms with E-state index in [1.54, 1.807) is 42.5 Å². The summed E-state index contributed by atoms with van der Waals surface area (Å²) >= 11 is 6.79. The molecular formula is C31H25ClN2O5S. The minimum atomic E-state index is -0.534. The maximum absolute atomic E-state index is 13.2. The minimum Gasteiger partial charge on any atom is -0.494 e. The van der Waals surface area contributed by atoms with Crippen LogP contribution in [0.5, 0.6) is 11.5 Å². The van der Waals surface area contributed by atoms with E-state index in [1.807, 2.05) is 55.5 Å². The van der Waals surface area contributed by atoms with E-state index in [-0.39, 0.29) is 4.91 Å². The predicted molar refractivity (Wildman–Crippen MR) is 159 cm³/mol. The fourth-order valence-electron chi connectivity index (χ4n) is 4.20. The third-order valence-corrected chi connectivity index (χ3v) is 7.30. The van der Waals surface area contributed by atoms with E-state index in [4.69, 9.17) is 21.1 Å². The minimum absolute atomic E-state index is 0.214. The molecule has 0 saturated carbocycles. The normalized spacial score (nSPS) is 14.2. The molecule has 5 rings (SSSR count). The Labute approximate surface area is 240 Å². The van der Waals surface area contributed by atoms with Crippen molar-refractivity contribution in [3.63, 3.8) is 0 Å². The maximum atomic E-state index is 13.2. The van der Waals surface area contributed by atoms with Gasteiger partial charge in [0, 0.05) is 16.3 Å². The van der Waals surface area contributed by atoms with Crippen molar-refractivity contribution in [3.8, 4) is 11.5 Å². The molecule has 9 heteroatoms. The largest absolute Gasteiger partial charge is 0.494 e. The maximum Gasteiger partial charge on any atom is 0.294 e. The van der Waals surface area contributed by atoms with Gasteiger partial charge in [0.2, 0.25) is 5.91 Å². The SMILES string of the molecule is CCOc1ccc(NC(=O)CN2C(=O)S/C(=C/c3c(OCc4ccc(Cl)cc4)ccc4ccccc34)C2=O)cc1. The Hall–Kier alpha value is -4.27. The topological polar surface area (TPSA) is 84.9 Å². The smallest absolute Gasteiger partial charge is 0.294 e. The summed E-state index contributed by atoms with van der Waals surface area (Å²) in [4.78, 5) is 39.8. The number of thioether (sulfide) groups is 1. The van der Waals surface area contributed by atoms with Crippen LogP contribution in [0.3, 0.4) is 0 Å². The Kier molecular flexibility index (Phi) is 8.38. The molecule has 7 nitrogen and oxygen atoms in total. The lowest BCUT2D eigenvalue weighted by Gasteiger charge is -2.14. The molecule has 1 heterocycles. The number of rotatable bonds is 9. The highest BCUT2D eigenvalue weighted by Crippen LogP contribution is 2.37. The molecule has 4 aromatic carbocycles. The molecule has 4 aromatic rings. The molecule has 1 aliphatic rings. The number of halogens is 1. The van der Waals surface area contributed by atoms with Crippen molar-refractivity contribution in [2.45, 2.75) is 13.5 Å². The lowest BCUT2D eigenvalue weighted by molar-refractivity contribution is -0.127. The summed E-state index contributed by atoms with van der Waals surface area (Å²) in [5.74, 6) is 0.230. The van der Waals surface area contributed by atoms with Gasteiger partial charge in [-0.1, -0.05) is 54.1 Å². The van der Waals surface area contributed by atoms with Crippen LogP contribution in [-0.2, 0) is 16.2 Å². The first-order valence-corrected chi connectivity index (χ1v) is 13.8. The van der Waals surface area contributed by atoms with Crippen LogP contribution in [0.4, 0.5) is 10.5 Å². The number of hydrogen-bond acceptors (Lipinski definition) is 6. The second-order valence-electron chi connectivity index (χ2n) is 8.89. The van der Waals surface area contributed by atoms with E-state index in [9.17, 15) is 14.4 Å². The lowest BCUT2D eigenvalue weighted by Crippen LogP contribution is -2.36. The third-order valence-electron chi connectivity index (χ3n) is 6.14. The first kappa shape index (κ1) is 27.3. The van der Waals surface area contributed by atoms with Crippen LogP contribution in [0.2, 0.25) is 5.02 Å². The van der Waals surface area contributed by atoms with E-state index < -0.39 is 23.6 Å². The fraction of sp³-hybridized carbons (Fsp3) is 0.129. The Morgan fingerprint density at radius 2 is 1.70 bits per heavy atom. The fourth-order valence-corrected chi connectivity index (χ4v) is 5.15. The number of ether oxygens (including phenoxy) is 2. The van der Waals surface area contributed by atoms with Crippen molar-refractivity contribution in [2.24, 2.45) is 0 Å². The summed E-state index contributed by atoms with van der Waals surface area (Å²) in [7, 11) is 0. The van der Waals surface area contributed by atoms with Crippen molar-refractivity contribution < 1.29 is 23.9 Å². The van der Waals surface area contributed by atoms with Crippen LogP contribution in [0.25, 0.3) is 16.8 Å². The van der Waals surface area contributed by atoms with Crippen LogP contribution in [0.15, 0.2) is 89.8 Å². The van der Waals surface area contributed by atoms with Gasteiger partial charge in [0.05, 0.1) is 11.5 Å². The summed E-state index contributed by atoms with van der Waals surface area (Å²) in [6, 6.07) is 25.7. The highest BCUT2D eigenvalue weighted by atomic mass is 35.5. The quantitative estimate of drug-likeness (QED) is 0.214. The zero-order valence-electron chi connectivity index (χ0n) is 21.6. The van der Waals surface area contributed by atoms with Crippen LogP contribution in [0, 0.1) is 0 Å². The Morgan fingerprint density at radius 1 is 0.950 bits per heavy atom. The van der Waals surface area contributed by atoms with Crippen molar-refractivity contribution in [1.29, 1.82) is 0 Å². The van der Waals surface area contributed by atoms with Gasteiger partial charge in [-0.25, -0.2) is 0 Å². The molecule has 0 unspecified atom stereocenters. The van der Waals surface area contributed by atoms with Crippen LogP contribution < -0.4 is 14.8 Å². The molecule has 0 aromatic heterocycles. The van der Waals surface area contributed by atoms with Gasteiger partial charge >= 0.3 is 0 Å². The molecule has 40 heavy (non-hydrogen) atoms. The predicted octanol–water partition coefficient (Wildman–Crippen LogP) is 7.15. The van der Waals surface area contributed by atoms with Gasteiger partial charge in [0.15, 0.2) is 0 Å². The summed E-state index contributed by atoms with van der Waals surface area (Å²) in [6.07, 6.45) is 1.66. The first-order chi connectivity index (χ1) is 19.4. The number of anilines is 1. The van der Waals surface area contributed by atoms with Gasteiger partial charge in [0.25, 0.3) is 11.1 Å². The molecule has 0 radical (unpaired) electrons. The van der Waals surface area contributed by atoms with Gasteiger partial charge in [-0.3, -0.25) is 19.3 Å². The molecule has 1 saturated heterocycles. The van der Waals surface area contributed by atoms with Crippen molar-refractivity contribution >= 4 is 63.0 Å². The van der Waals surface area contributed by atoms with Crippen molar-refractivity contribution in [2.75, 3.05) is 18.5 Å². The van der Waals surface area contributed by atoms with E-state index >= 15 is 0 Å². The number of carbonyl (C=O) groups is 3. The average Bonchev–Trinajstić information content (AvgIpc) is 3.22. The monoisotopic (exact) mass is 572 g/mol. The third kappa shape index (κ3) is 6.30. The average molecular weight is 573 g/mol. The molecule has 1 aliphatic heterocycles.